The molecule has 1 rings (SSSR count). The van der Waals surface area contributed by atoms with Gasteiger partial charge in [0.05, 0.1) is 0 Å². The highest BCUT2D eigenvalue weighted by molar-refractivity contribution is 5.10. The molecule has 0 fully saturated rings. The van der Waals surface area contributed by atoms with Crippen LogP contribution in [0.25, 0.3) is 0 Å². The lowest BCUT2D eigenvalue weighted by Gasteiger charge is -2.09. The lowest BCUT2D eigenvalue weighted by atomic mass is 10.5. The van der Waals surface area contributed by atoms with Crippen molar-refractivity contribution in [2.45, 2.75) is 26.3 Å². The van der Waals surface area contributed by atoms with Gasteiger partial charge in [0, 0.05) is 6.54 Å². The third-order valence-electron chi connectivity index (χ3n) is 1.34. The molecule has 0 saturated heterocycles. The largest absolute Gasteiger partial charge is 0.574 e. The maximum atomic E-state index is 12.7. The van der Waals surface area contributed by atoms with Crippen molar-refractivity contribution in [1.82, 2.24) is 9.78 Å². The van der Waals surface area contributed by atoms with E-state index in [-0.39, 0.29) is 6.54 Å². The van der Waals surface area contributed by atoms with Crippen molar-refractivity contribution in [3.63, 3.8) is 0 Å². The summed E-state index contributed by atoms with van der Waals surface area (Å²) in [6.07, 6.45) is -2.63. The number of hydrogen-bond acceptors (Lipinski definition) is 2. The van der Waals surface area contributed by atoms with Gasteiger partial charge in [-0.3, -0.25) is 0 Å². The van der Waals surface area contributed by atoms with Gasteiger partial charge in [-0.25, -0.2) is 4.68 Å². The molecule has 0 aliphatic heterocycles. The van der Waals surface area contributed by atoms with Crippen LogP contribution in [0.15, 0.2) is 0 Å². The number of rotatable bonds is 3. The Morgan fingerprint density at radius 3 is 2.64 bits per heavy atom. The Bertz CT molecular complexity index is 307. The van der Waals surface area contributed by atoms with Crippen LogP contribution in [0.4, 0.5) is 17.6 Å². The van der Waals surface area contributed by atoms with E-state index >= 15 is 0 Å². The fraction of sp³-hybridized carbons (Fsp3) is 0.571. The van der Waals surface area contributed by atoms with Gasteiger partial charge < -0.3 is 4.74 Å². The van der Waals surface area contributed by atoms with Gasteiger partial charge >= 0.3 is 6.36 Å². The van der Waals surface area contributed by atoms with E-state index in [9.17, 15) is 17.6 Å². The molecular formula is C7H7F4N2O. The van der Waals surface area contributed by atoms with Crippen molar-refractivity contribution in [3.05, 3.63) is 12.0 Å². The number of nitrogens with zero attached hydrogens (tertiary/aromatic N) is 2. The van der Waals surface area contributed by atoms with E-state index in [1.165, 1.54) is 0 Å². The van der Waals surface area contributed by atoms with Crippen LogP contribution in [-0.2, 0) is 6.54 Å². The van der Waals surface area contributed by atoms with Gasteiger partial charge in [0.1, 0.15) is 0 Å². The number of hydrogen-bond donors (Lipinski definition) is 0. The van der Waals surface area contributed by atoms with Gasteiger partial charge in [-0.2, -0.15) is 9.49 Å². The molecule has 3 nitrogen and oxygen atoms in total. The lowest BCUT2D eigenvalue weighted by molar-refractivity contribution is -0.278. The first-order chi connectivity index (χ1) is 6.44. The first-order valence-corrected chi connectivity index (χ1v) is 3.83. The summed E-state index contributed by atoms with van der Waals surface area (Å²) in [6, 6.07) is 0. The normalized spacial score (nSPS) is 11.8. The molecule has 0 N–H and O–H groups in total. The zero-order valence-electron chi connectivity index (χ0n) is 7.23. The molecule has 79 valence electrons. The summed E-state index contributed by atoms with van der Waals surface area (Å²) in [7, 11) is 0. The second kappa shape index (κ2) is 3.85. The maximum Gasteiger partial charge on any atom is 0.574 e. The van der Waals surface area contributed by atoms with Gasteiger partial charge in [-0.1, -0.05) is 6.92 Å². The highest BCUT2D eigenvalue weighted by Crippen LogP contribution is 2.24. The molecule has 0 aromatic carbocycles. The first-order valence-electron chi connectivity index (χ1n) is 3.83. The summed E-state index contributed by atoms with van der Waals surface area (Å²) in [5.74, 6) is -2.19. The molecule has 7 heteroatoms. The molecule has 0 saturated carbocycles. The Hall–Kier alpha value is -1.27. The smallest absolute Gasteiger partial charge is 0.385 e. The summed E-state index contributed by atoms with van der Waals surface area (Å²) in [4.78, 5) is 0. The van der Waals surface area contributed by atoms with Crippen molar-refractivity contribution < 1.29 is 22.3 Å². The fourth-order valence-corrected chi connectivity index (χ4v) is 0.881. The molecule has 0 amide bonds. The summed E-state index contributed by atoms with van der Waals surface area (Å²) >= 11 is 0. The van der Waals surface area contributed by atoms with Crippen molar-refractivity contribution in [2.75, 3.05) is 0 Å². The van der Waals surface area contributed by atoms with E-state index in [1.807, 2.05) is 0 Å². The number of aryl methyl sites for hydroxylation is 1. The average Bonchev–Trinajstić information content (AvgIpc) is 2.34. The van der Waals surface area contributed by atoms with E-state index < -0.39 is 18.1 Å². The third kappa shape index (κ3) is 2.61. The number of halogens is 4. The molecule has 0 spiro atoms. The molecule has 1 aromatic heterocycles. The molecule has 1 aromatic rings. The Morgan fingerprint density at radius 2 is 2.14 bits per heavy atom. The standard InChI is InChI=1S/C7H7F4N2O/c1-2-3-13-6(5(8)4-12-13)14-7(9,10)11/h2-3H2,1H3. The van der Waals surface area contributed by atoms with Crippen molar-refractivity contribution in [3.8, 4) is 5.88 Å². The topological polar surface area (TPSA) is 27.1 Å². The number of alkyl halides is 3. The average molecular weight is 211 g/mol. The predicted octanol–water partition coefficient (Wildman–Crippen LogP) is 2.13. The van der Waals surface area contributed by atoms with Crippen LogP contribution in [-0.4, -0.2) is 16.1 Å². The predicted molar refractivity (Wildman–Crippen MR) is 38.0 cm³/mol. The van der Waals surface area contributed by atoms with Gasteiger partial charge in [0.2, 0.25) is 5.82 Å². The summed E-state index contributed by atoms with van der Waals surface area (Å²) in [5, 5.41) is 3.28. The number of ether oxygens (including phenoxy) is 1. The maximum absolute atomic E-state index is 12.7. The van der Waals surface area contributed by atoms with Crippen LogP contribution in [0.5, 0.6) is 5.88 Å². The third-order valence-corrected chi connectivity index (χ3v) is 1.34. The van der Waals surface area contributed by atoms with E-state index in [0.717, 1.165) is 4.68 Å². The summed E-state index contributed by atoms with van der Waals surface area (Å²) in [6.45, 7) is 1.86. The Balaban J connectivity index is 2.88. The van der Waals surface area contributed by atoms with E-state index in [0.29, 0.717) is 6.42 Å². The highest BCUT2D eigenvalue weighted by atomic mass is 19.4. The molecule has 0 atom stereocenters. The van der Waals surface area contributed by atoms with Crippen molar-refractivity contribution in [2.24, 2.45) is 0 Å². The minimum atomic E-state index is -4.92. The molecule has 0 bridgehead atoms. The minimum absolute atomic E-state index is 0.145. The molecule has 1 radical (unpaired) electrons. The molecule has 0 aliphatic rings. The molecule has 0 unspecified atom stereocenters. The van der Waals surface area contributed by atoms with Gasteiger partial charge in [-0.15, -0.1) is 13.2 Å². The SMILES string of the molecule is CCCn1n[c]c(F)c1OC(F)(F)F. The molecular weight excluding hydrogens is 204 g/mol. The van der Waals surface area contributed by atoms with Crippen LogP contribution in [0.2, 0.25) is 0 Å². The Kier molecular flexibility index (Phi) is 2.97. The molecule has 0 aliphatic carbocycles. The lowest BCUT2D eigenvalue weighted by Crippen LogP contribution is -2.20. The zero-order chi connectivity index (χ0) is 10.8. The Morgan fingerprint density at radius 1 is 1.50 bits per heavy atom. The van der Waals surface area contributed by atoms with E-state index in [1.54, 1.807) is 13.1 Å². The Labute approximate surface area is 77.3 Å². The second-order valence-corrected chi connectivity index (χ2v) is 2.50. The first kappa shape index (κ1) is 10.8. The van der Waals surface area contributed by atoms with Crippen molar-refractivity contribution >= 4 is 0 Å². The van der Waals surface area contributed by atoms with Gasteiger partial charge in [0.15, 0.2) is 6.20 Å². The second-order valence-electron chi connectivity index (χ2n) is 2.50. The van der Waals surface area contributed by atoms with Crippen LogP contribution < -0.4 is 4.74 Å². The minimum Gasteiger partial charge on any atom is -0.385 e. The van der Waals surface area contributed by atoms with Crippen LogP contribution in [0, 0.1) is 12.0 Å². The number of aromatic nitrogens is 2. The van der Waals surface area contributed by atoms with Crippen LogP contribution >= 0.6 is 0 Å². The van der Waals surface area contributed by atoms with E-state index in [2.05, 4.69) is 9.84 Å². The van der Waals surface area contributed by atoms with Crippen LogP contribution in [0.1, 0.15) is 13.3 Å². The molecule has 14 heavy (non-hydrogen) atoms. The summed E-state index contributed by atoms with van der Waals surface area (Å²) < 4.78 is 52.3. The summed E-state index contributed by atoms with van der Waals surface area (Å²) in [5.41, 5.74) is 0. The van der Waals surface area contributed by atoms with Gasteiger partial charge in [0.25, 0.3) is 5.88 Å². The quantitative estimate of drug-likeness (QED) is 0.716. The monoisotopic (exact) mass is 211 g/mol. The van der Waals surface area contributed by atoms with Gasteiger partial charge in [-0.05, 0) is 6.42 Å². The van der Waals surface area contributed by atoms with Crippen LogP contribution in [0.3, 0.4) is 0 Å². The zero-order valence-corrected chi connectivity index (χ0v) is 7.23. The molecule has 1 heterocycles. The highest BCUT2D eigenvalue weighted by Gasteiger charge is 2.34. The van der Waals surface area contributed by atoms with Crippen molar-refractivity contribution in [1.29, 1.82) is 0 Å². The fourth-order valence-electron chi connectivity index (χ4n) is 0.881. The van der Waals surface area contributed by atoms with E-state index in [4.69, 9.17) is 0 Å².